The molecule has 2 amide bonds. The summed E-state index contributed by atoms with van der Waals surface area (Å²) >= 11 is 6.17. The fourth-order valence-electron chi connectivity index (χ4n) is 4.18. The predicted octanol–water partition coefficient (Wildman–Crippen LogP) is 3.83. The molecule has 2 aromatic carbocycles. The van der Waals surface area contributed by atoms with Crippen LogP contribution in [0.1, 0.15) is 30.1 Å². The molecule has 2 aliphatic rings. The van der Waals surface area contributed by atoms with Gasteiger partial charge in [-0.05, 0) is 43.7 Å². The number of hydrogen-bond donors (Lipinski definition) is 0. The monoisotopic (exact) mass is 427 g/mol. The number of halogens is 1. The normalized spacial score (nSPS) is 18.2. The van der Waals surface area contributed by atoms with Gasteiger partial charge in [0.15, 0.2) is 0 Å². The molecule has 0 aliphatic carbocycles. The molecule has 1 atom stereocenters. The van der Waals surface area contributed by atoms with Gasteiger partial charge in [0, 0.05) is 31.6 Å². The second kappa shape index (κ2) is 8.56. The van der Waals surface area contributed by atoms with E-state index in [2.05, 4.69) is 17.9 Å². The van der Waals surface area contributed by atoms with Gasteiger partial charge in [-0.1, -0.05) is 23.7 Å². The molecule has 2 aromatic rings. The van der Waals surface area contributed by atoms with Gasteiger partial charge in [-0.25, -0.2) is 0 Å². The van der Waals surface area contributed by atoms with Gasteiger partial charge in [-0.3, -0.25) is 9.59 Å². The van der Waals surface area contributed by atoms with Crippen LogP contribution in [0.4, 0.5) is 11.4 Å². The molecule has 4 rings (SSSR count). The molecule has 0 radical (unpaired) electrons. The number of anilines is 2. The molecule has 0 N–H and O–H groups in total. The van der Waals surface area contributed by atoms with Crippen LogP contribution in [0.25, 0.3) is 0 Å². The fraction of sp³-hybridized carbons (Fsp3) is 0.391. The van der Waals surface area contributed by atoms with Crippen LogP contribution in [0.2, 0.25) is 5.02 Å². The van der Waals surface area contributed by atoms with E-state index >= 15 is 0 Å². The SMILES string of the molecule is CCN1CC(CN(C)C(=O)c2ccc(Cl)cc2N2CCCC2=O)Oc2ccccc21. The summed E-state index contributed by atoms with van der Waals surface area (Å²) in [6, 6.07) is 13.1. The van der Waals surface area contributed by atoms with E-state index < -0.39 is 0 Å². The van der Waals surface area contributed by atoms with Crippen molar-refractivity contribution >= 4 is 34.8 Å². The Kier molecular flexibility index (Phi) is 5.86. The van der Waals surface area contributed by atoms with Crippen LogP contribution in [-0.2, 0) is 4.79 Å². The Hall–Kier alpha value is -2.73. The van der Waals surface area contributed by atoms with Crippen LogP contribution in [0, 0.1) is 0 Å². The largest absolute Gasteiger partial charge is 0.485 e. The minimum absolute atomic E-state index is 0.0276. The fourth-order valence-corrected chi connectivity index (χ4v) is 4.35. The number of rotatable bonds is 5. The molecule has 0 saturated carbocycles. The number of benzene rings is 2. The lowest BCUT2D eigenvalue weighted by molar-refractivity contribution is -0.117. The Balaban J connectivity index is 1.53. The van der Waals surface area contributed by atoms with Gasteiger partial charge in [0.05, 0.1) is 30.0 Å². The molecule has 30 heavy (non-hydrogen) atoms. The van der Waals surface area contributed by atoms with Gasteiger partial charge in [0.1, 0.15) is 11.9 Å². The Morgan fingerprint density at radius 3 is 2.77 bits per heavy atom. The lowest BCUT2D eigenvalue weighted by Gasteiger charge is -2.37. The molecule has 158 valence electrons. The van der Waals surface area contributed by atoms with Crippen molar-refractivity contribution < 1.29 is 14.3 Å². The van der Waals surface area contributed by atoms with Crippen LogP contribution in [0.5, 0.6) is 5.75 Å². The van der Waals surface area contributed by atoms with Gasteiger partial charge in [-0.15, -0.1) is 0 Å². The molecular weight excluding hydrogens is 402 g/mol. The van der Waals surface area contributed by atoms with E-state index in [-0.39, 0.29) is 17.9 Å². The molecule has 1 saturated heterocycles. The summed E-state index contributed by atoms with van der Waals surface area (Å²) < 4.78 is 6.17. The molecule has 2 heterocycles. The topological polar surface area (TPSA) is 53.1 Å². The number of hydrogen-bond acceptors (Lipinski definition) is 4. The number of likely N-dealkylation sites (N-methyl/N-ethyl adjacent to an activating group) is 2. The molecule has 6 nitrogen and oxygen atoms in total. The Morgan fingerprint density at radius 2 is 2.03 bits per heavy atom. The average Bonchev–Trinajstić information content (AvgIpc) is 3.18. The van der Waals surface area contributed by atoms with Crippen LogP contribution in [0.3, 0.4) is 0 Å². The van der Waals surface area contributed by atoms with Crippen molar-refractivity contribution in [1.82, 2.24) is 4.90 Å². The average molecular weight is 428 g/mol. The van der Waals surface area contributed by atoms with Gasteiger partial charge < -0.3 is 19.4 Å². The molecule has 0 spiro atoms. The third-order valence-corrected chi connectivity index (χ3v) is 5.92. The maximum atomic E-state index is 13.3. The van der Waals surface area contributed by atoms with Crippen molar-refractivity contribution in [2.75, 3.05) is 43.0 Å². The highest BCUT2D eigenvalue weighted by Crippen LogP contribution is 2.33. The maximum Gasteiger partial charge on any atom is 0.255 e. The third kappa shape index (κ3) is 3.97. The van der Waals surface area contributed by atoms with Crippen molar-refractivity contribution in [3.63, 3.8) is 0 Å². The number of para-hydroxylation sites is 2. The zero-order valence-corrected chi connectivity index (χ0v) is 18.1. The highest BCUT2D eigenvalue weighted by atomic mass is 35.5. The predicted molar refractivity (Wildman–Crippen MR) is 119 cm³/mol. The van der Waals surface area contributed by atoms with Gasteiger partial charge in [-0.2, -0.15) is 0 Å². The van der Waals surface area contributed by atoms with Crippen molar-refractivity contribution in [1.29, 1.82) is 0 Å². The zero-order chi connectivity index (χ0) is 21.3. The highest BCUT2D eigenvalue weighted by Gasteiger charge is 2.30. The summed E-state index contributed by atoms with van der Waals surface area (Å²) in [5, 5.41) is 0.509. The first-order chi connectivity index (χ1) is 14.5. The van der Waals surface area contributed by atoms with E-state index in [1.165, 1.54) is 0 Å². The minimum Gasteiger partial charge on any atom is -0.485 e. The van der Waals surface area contributed by atoms with E-state index in [1.807, 2.05) is 18.2 Å². The van der Waals surface area contributed by atoms with Crippen molar-refractivity contribution in [3.8, 4) is 5.75 Å². The summed E-state index contributed by atoms with van der Waals surface area (Å²) in [6.07, 6.45) is 1.15. The zero-order valence-electron chi connectivity index (χ0n) is 17.3. The Morgan fingerprint density at radius 1 is 1.23 bits per heavy atom. The van der Waals surface area contributed by atoms with Gasteiger partial charge in [0.2, 0.25) is 5.91 Å². The standard InChI is InChI=1S/C23H26ClN3O3/c1-3-26-15-17(30-21-8-5-4-7-19(21)26)14-25(2)23(29)18-11-10-16(24)13-20(18)27-12-6-9-22(27)28/h4-5,7-8,10-11,13,17H,3,6,9,12,14-15H2,1-2H3. The van der Waals surface area contributed by atoms with E-state index in [9.17, 15) is 9.59 Å². The van der Waals surface area contributed by atoms with Crippen LogP contribution >= 0.6 is 11.6 Å². The quantitative estimate of drug-likeness (QED) is 0.727. The summed E-state index contributed by atoms with van der Waals surface area (Å²) in [4.78, 5) is 31.1. The van der Waals surface area contributed by atoms with Crippen molar-refractivity contribution in [3.05, 3.63) is 53.1 Å². The first kappa shape index (κ1) is 20.5. The van der Waals surface area contributed by atoms with Gasteiger partial charge >= 0.3 is 0 Å². The number of nitrogens with zero attached hydrogens (tertiary/aromatic N) is 3. The van der Waals surface area contributed by atoms with E-state index in [1.54, 1.807) is 35.0 Å². The Labute approximate surface area is 182 Å². The smallest absolute Gasteiger partial charge is 0.255 e. The second-order valence-electron chi connectivity index (χ2n) is 7.74. The number of carbonyl (C=O) groups excluding carboxylic acids is 2. The molecule has 0 bridgehead atoms. The van der Waals surface area contributed by atoms with Crippen LogP contribution in [0.15, 0.2) is 42.5 Å². The summed E-state index contributed by atoms with van der Waals surface area (Å²) in [6.45, 7) is 4.74. The van der Waals surface area contributed by atoms with Crippen molar-refractivity contribution in [2.24, 2.45) is 0 Å². The third-order valence-electron chi connectivity index (χ3n) is 5.68. The lowest BCUT2D eigenvalue weighted by atomic mass is 10.1. The maximum absolute atomic E-state index is 13.3. The summed E-state index contributed by atoms with van der Waals surface area (Å²) in [5.41, 5.74) is 2.16. The van der Waals surface area contributed by atoms with E-state index in [0.29, 0.717) is 42.3 Å². The minimum atomic E-state index is -0.146. The van der Waals surface area contributed by atoms with Crippen LogP contribution < -0.4 is 14.5 Å². The van der Waals surface area contributed by atoms with E-state index in [4.69, 9.17) is 16.3 Å². The second-order valence-corrected chi connectivity index (χ2v) is 8.18. The molecule has 2 aliphatic heterocycles. The number of ether oxygens (including phenoxy) is 1. The molecule has 1 unspecified atom stereocenters. The van der Waals surface area contributed by atoms with Crippen LogP contribution in [-0.4, -0.2) is 56.0 Å². The number of amides is 2. The number of fused-ring (bicyclic) bond motifs is 1. The molecule has 7 heteroatoms. The first-order valence-corrected chi connectivity index (χ1v) is 10.7. The lowest BCUT2D eigenvalue weighted by Crippen LogP contribution is -2.47. The Bertz CT molecular complexity index is 964. The summed E-state index contributed by atoms with van der Waals surface area (Å²) in [5.74, 6) is 0.720. The number of carbonyl (C=O) groups is 2. The first-order valence-electron chi connectivity index (χ1n) is 10.3. The highest BCUT2D eigenvalue weighted by molar-refractivity contribution is 6.31. The van der Waals surface area contributed by atoms with Crippen molar-refractivity contribution in [2.45, 2.75) is 25.9 Å². The molecule has 0 aromatic heterocycles. The molecular formula is C23H26ClN3O3. The van der Waals surface area contributed by atoms with Gasteiger partial charge in [0.25, 0.3) is 5.91 Å². The van der Waals surface area contributed by atoms with E-state index in [0.717, 1.165) is 24.4 Å². The summed E-state index contributed by atoms with van der Waals surface area (Å²) in [7, 11) is 1.77. The molecule has 1 fully saturated rings.